The number of amides is 1. The van der Waals surface area contributed by atoms with E-state index in [9.17, 15) is 4.79 Å². The molecule has 0 spiro atoms. The number of carbonyl (C=O) groups is 1. The number of benzene rings is 1. The number of thiazole rings is 1. The number of hydrogen-bond donors (Lipinski definition) is 2. The van der Waals surface area contributed by atoms with Gasteiger partial charge in [-0.05, 0) is 13.0 Å². The first kappa shape index (κ1) is 18.8. The number of rotatable bonds is 4. The average molecular weight is 393 g/mol. The quantitative estimate of drug-likeness (QED) is 0.714. The molecule has 1 saturated heterocycles. The third-order valence-electron chi connectivity index (χ3n) is 4.37. The van der Waals surface area contributed by atoms with Gasteiger partial charge in [-0.2, -0.15) is 0 Å². The Morgan fingerprint density at radius 1 is 1.35 bits per heavy atom. The molecule has 6 nitrogen and oxygen atoms in total. The van der Waals surface area contributed by atoms with Crippen molar-refractivity contribution < 1.29 is 9.53 Å². The molecule has 1 aromatic carbocycles. The number of anilines is 1. The molecule has 1 fully saturated rings. The van der Waals surface area contributed by atoms with Crippen molar-refractivity contribution in [2.45, 2.75) is 6.92 Å². The van der Waals surface area contributed by atoms with E-state index in [-0.39, 0.29) is 18.3 Å². The molecule has 0 bridgehead atoms. The Labute approximate surface area is 162 Å². The highest BCUT2D eigenvalue weighted by molar-refractivity contribution is 7.14. The molecule has 3 aromatic rings. The Bertz CT molecular complexity index is 902. The molecule has 2 N–H and O–H groups in total. The van der Waals surface area contributed by atoms with Crippen molar-refractivity contribution in [3.8, 4) is 11.3 Å². The van der Waals surface area contributed by atoms with E-state index in [1.165, 1.54) is 11.3 Å². The average Bonchev–Trinajstić information content (AvgIpc) is 3.18. The van der Waals surface area contributed by atoms with Crippen molar-refractivity contribution in [1.29, 1.82) is 0 Å². The zero-order valence-electron chi connectivity index (χ0n) is 14.4. The highest BCUT2D eigenvalue weighted by Gasteiger charge is 2.17. The fourth-order valence-electron chi connectivity index (χ4n) is 3.17. The summed E-state index contributed by atoms with van der Waals surface area (Å²) in [5, 5.41) is 6.69. The third-order valence-corrected chi connectivity index (χ3v) is 5.13. The van der Waals surface area contributed by atoms with Gasteiger partial charge < -0.3 is 15.0 Å². The smallest absolute Gasteiger partial charge is 0.240 e. The number of aromatic nitrogens is 2. The highest BCUT2D eigenvalue weighted by atomic mass is 35.5. The van der Waals surface area contributed by atoms with Crippen LogP contribution in [-0.4, -0.2) is 53.6 Å². The molecular formula is C18H21ClN4O2S. The van der Waals surface area contributed by atoms with Gasteiger partial charge in [0.2, 0.25) is 5.91 Å². The van der Waals surface area contributed by atoms with Gasteiger partial charge in [-0.25, -0.2) is 4.98 Å². The molecular weight excluding hydrogens is 372 g/mol. The van der Waals surface area contributed by atoms with Crippen LogP contribution in [0.3, 0.4) is 0 Å². The van der Waals surface area contributed by atoms with E-state index in [0.717, 1.165) is 40.9 Å². The summed E-state index contributed by atoms with van der Waals surface area (Å²) in [5.74, 6) is -0.0292. The van der Waals surface area contributed by atoms with Gasteiger partial charge in [0.25, 0.3) is 0 Å². The molecule has 0 unspecified atom stereocenters. The standard InChI is InChI=1S/C18H20N4O2S.ClH/c1-12-17(13-4-2-3-5-14(13)19-12)15-11-25-18(20-15)21-16(23)10-22-6-8-24-9-7-22;/h2-5,11,19H,6-10H2,1H3,(H,20,21,23);1H. The van der Waals surface area contributed by atoms with Crippen LogP contribution in [0, 0.1) is 6.92 Å². The monoisotopic (exact) mass is 392 g/mol. The van der Waals surface area contributed by atoms with Gasteiger partial charge in [-0.1, -0.05) is 18.2 Å². The zero-order chi connectivity index (χ0) is 17.2. The first-order valence-corrected chi connectivity index (χ1v) is 9.22. The number of ether oxygens (including phenoxy) is 1. The van der Waals surface area contributed by atoms with Crippen molar-refractivity contribution in [3.63, 3.8) is 0 Å². The summed E-state index contributed by atoms with van der Waals surface area (Å²) < 4.78 is 5.30. The maximum absolute atomic E-state index is 12.2. The number of aryl methyl sites for hydroxylation is 1. The van der Waals surface area contributed by atoms with E-state index in [2.05, 4.69) is 32.3 Å². The van der Waals surface area contributed by atoms with E-state index < -0.39 is 0 Å². The van der Waals surface area contributed by atoms with Crippen molar-refractivity contribution >= 4 is 45.7 Å². The van der Waals surface area contributed by atoms with E-state index >= 15 is 0 Å². The van der Waals surface area contributed by atoms with Crippen LogP contribution in [0.4, 0.5) is 5.13 Å². The number of nitrogens with one attached hydrogen (secondary N) is 2. The number of aromatic amines is 1. The van der Waals surface area contributed by atoms with Crippen LogP contribution in [0.15, 0.2) is 29.6 Å². The Morgan fingerprint density at radius 3 is 2.92 bits per heavy atom. The second kappa shape index (κ2) is 8.18. The maximum atomic E-state index is 12.2. The number of halogens is 1. The summed E-state index contributed by atoms with van der Waals surface area (Å²) in [4.78, 5) is 22.3. The molecule has 2 aromatic heterocycles. The number of para-hydroxylation sites is 1. The molecule has 26 heavy (non-hydrogen) atoms. The van der Waals surface area contributed by atoms with E-state index in [4.69, 9.17) is 4.74 Å². The van der Waals surface area contributed by atoms with Gasteiger partial charge in [-0.3, -0.25) is 9.69 Å². The summed E-state index contributed by atoms with van der Waals surface area (Å²) >= 11 is 1.46. The molecule has 1 aliphatic rings. The normalized spacial score (nSPS) is 15.0. The van der Waals surface area contributed by atoms with Gasteiger partial charge in [0.1, 0.15) is 0 Å². The number of fused-ring (bicyclic) bond motifs is 1. The van der Waals surface area contributed by atoms with Crippen molar-refractivity contribution in [3.05, 3.63) is 35.3 Å². The summed E-state index contributed by atoms with van der Waals surface area (Å²) in [7, 11) is 0. The lowest BCUT2D eigenvalue weighted by Gasteiger charge is -2.25. The first-order chi connectivity index (χ1) is 12.2. The van der Waals surface area contributed by atoms with Gasteiger partial charge >= 0.3 is 0 Å². The van der Waals surface area contributed by atoms with Crippen molar-refractivity contribution in [2.24, 2.45) is 0 Å². The fourth-order valence-corrected chi connectivity index (χ4v) is 3.89. The minimum atomic E-state index is -0.0292. The predicted molar refractivity (Wildman–Crippen MR) is 107 cm³/mol. The van der Waals surface area contributed by atoms with Crippen LogP contribution in [0.1, 0.15) is 5.69 Å². The maximum Gasteiger partial charge on any atom is 0.240 e. The van der Waals surface area contributed by atoms with Crippen LogP contribution >= 0.6 is 23.7 Å². The van der Waals surface area contributed by atoms with Crippen LogP contribution in [0.5, 0.6) is 0 Å². The largest absolute Gasteiger partial charge is 0.379 e. The van der Waals surface area contributed by atoms with Gasteiger partial charge in [-0.15, -0.1) is 23.7 Å². The minimum absolute atomic E-state index is 0. The zero-order valence-corrected chi connectivity index (χ0v) is 16.1. The molecule has 0 radical (unpaired) electrons. The number of carbonyl (C=O) groups excluding carboxylic acids is 1. The minimum Gasteiger partial charge on any atom is -0.379 e. The third kappa shape index (κ3) is 3.91. The molecule has 1 amide bonds. The lowest BCUT2D eigenvalue weighted by atomic mass is 10.1. The van der Waals surface area contributed by atoms with Gasteiger partial charge in [0.05, 0.1) is 25.5 Å². The van der Waals surface area contributed by atoms with Crippen molar-refractivity contribution in [1.82, 2.24) is 14.9 Å². The van der Waals surface area contributed by atoms with Gasteiger partial charge in [0, 0.05) is 40.6 Å². The molecule has 4 rings (SSSR count). The van der Waals surface area contributed by atoms with Crippen LogP contribution < -0.4 is 5.32 Å². The van der Waals surface area contributed by atoms with Crippen LogP contribution in [0.2, 0.25) is 0 Å². The summed E-state index contributed by atoms with van der Waals surface area (Å²) in [5.41, 5.74) is 4.17. The topological polar surface area (TPSA) is 70.2 Å². The molecule has 3 heterocycles. The molecule has 138 valence electrons. The molecule has 0 saturated carbocycles. The van der Waals surface area contributed by atoms with E-state index in [0.29, 0.717) is 24.9 Å². The van der Waals surface area contributed by atoms with Crippen molar-refractivity contribution in [2.75, 3.05) is 38.2 Å². The molecule has 8 heteroatoms. The number of H-pyrrole nitrogens is 1. The summed E-state index contributed by atoms with van der Waals surface area (Å²) in [6.45, 7) is 5.40. The Hall–Kier alpha value is -1.93. The molecule has 0 atom stereocenters. The number of nitrogens with zero attached hydrogens (tertiary/aromatic N) is 2. The highest BCUT2D eigenvalue weighted by Crippen LogP contribution is 2.33. The SMILES string of the molecule is Cc1[nH]c2ccccc2c1-c1csc(NC(=O)CN2CCOCC2)n1.Cl. The number of hydrogen-bond acceptors (Lipinski definition) is 5. The number of morpholine rings is 1. The Morgan fingerprint density at radius 2 is 2.12 bits per heavy atom. The second-order valence-electron chi connectivity index (χ2n) is 6.15. The van der Waals surface area contributed by atoms with E-state index in [1.54, 1.807) is 0 Å². The fraction of sp³-hybridized carbons (Fsp3) is 0.333. The molecule has 0 aliphatic carbocycles. The lowest BCUT2D eigenvalue weighted by molar-refractivity contribution is -0.118. The van der Waals surface area contributed by atoms with Crippen LogP contribution in [-0.2, 0) is 9.53 Å². The van der Waals surface area contributed by atoms with Crippen LogP contribution in [0.25, 0.3) is 22.2 Å². The second-order valence-corrected chi connectivity index (χ2v) is 7.00. The van der Waals surface area contributed by atoms with Gasteiger partial charge in [0.15, 0.2) is 5.13 Å². The predicted octanol–water partition coefficient (Wildman–Crippen LogP) is 3.29. The van der Waals surface area contributed by atoms with E-state index in [1.807, 2.05) is 24.4 Å². The Balaban J connectivity index is 0.00000196. The summed E-state index contributed by atoms with van der Waals surface area (Å²) in [6, 6.07) is 8.18. The summed E-state index contributed by atoms with van der Waals surface area (Å²) in [6.07, 6.45) is 0. The first-order valence-electron chi connectivity index (χ1n) is 8.34. The lowest BCUT2D eigenvalue weighted by Crippen LogP contribution is -2.41. The molecule has 1 aliphatic heterocycles. The Kier molecular flexibility index (Phi) is 5.93.